The maximum Gasteiger partial charge on any atom is 0.235 e. The number of hydrogen-bond acceptors (Lipinski definition) is 4. The number of anilines is 1. The predicted octanol–water partition coefficient (Wildman–Crippen LogP) is 1.57. The number of rotatable bonds is 7. The number of carbonyl (C=O) groups excluding carboxylic acids is 1. The van der Waals surface area contributed by atoms with Crippen LogP contribution in [0.5, 0.6) is 0 Å². The van der Waals surface area contributed by atoms with E-state index in [1.165, 1.54) is 6.07 Å². The van der Waals surface area contributed by atoms with Crippen LogP contribution in [0.4, 0.5) is 5.69 Å². The Balaban J connectivity index is 2.66. The summed E-state index contributed by atoms with van der Waals surface area (Å²) in [6.07, 6.45) is 0.709. The third kappa shape index (κ3) is 4.77. The molecule has 1 rings (SSSR count). The van der Waals surface area contributed by atoms with Crippen LogP contribution in [0, 0.1) is 0 Å². The van der Waals surface area contributed by atoms with E-state index >= 15 is 0 Å². The van der Waals surface area contributed by atoms with Gasteiger partial charge in [0.25, 0.3) is 0 Å². The van der Waals surface area contributed by atoms with Gasteiger partial charge < -0.3 is 15.8 Å². The smallest absolute Gasteiger partial charge is 0.235 e. The number of hydrogen-bond donors (Lipinski definition) is 2. The van der Waals surface area contributed by atoms with Crippen molar-refractivity contribution in [1.82, 2.24) is 5.32 Å². The zero-order chi connectivity index (χ0) is 15.1. The van der Waals surface area contributed by atoms with E-state index in [1.54, 1.807) is 26.2 Å². The fourth-order valence-electron chi connectivity index (χ4n) is 1.54. The molecular formula is C13H19ClN2O3S. The lowest BCUT2D eigenvalue weighted by molar-refractivity contribution is -0.120. The summed E-state index contributed by atoms with van der Waals surface area (Å²) >= 11 is 5.86. The first-order valence-electron chi connectivity index (χ1n) is 6.19. The molecule has 1 aromatic rings. The molecule has 0 fully saturated rings. The molecule has 0 aliphatic rings. The van der Waals surface area contributed by atoms with Crippen LogP contribution in [-0.4, -0.2) is 35.6 Å². The Kier molecular flexibility index (Phi) is 6.98. The average molecular weight is 319 g/mol. The van der Waals surface area contributed by atoms with Crippen LogP contribution in [-0.2, 0) is 20.3 Å². The monoisotopic (exact) mass is 318 g/mol. The van der Waals surface area contributed by atoms with Gasteiger partial charge in [-0.1, -0.05) is 11.6 Å². The minimum Gasteiger partial charge on any atom is -0.398 e. The third-order valence-corrected chi connectivity index (χ3v) is 4.59. The predicted molar refractivity (Wildman–Crippen MR) is 81.2 cm³/mol. The first-order chi connectivity index (χ1) is 9.47. The van der Waals surface area contributed by atoms with Gasteiger partial charge in [0.1, 0.15) is 5.25 Å². The molecule has 0 saturated carbocycles. The SMILES string of the molecule is COCCCNC(=O)C(C)S(=O)c1cc(Cl)ccc1N. The van der Waals surface area contributed by atoms with Gasteiger partial charge >= 0.3 is 0 Å². The quantitative estimate of drug-likeness (QED) is 0.590. The van der Waals surface area contributed by atoms with Gasteiger partial charge in [-0.2, -0.15) is 0 Å². The van der Waals surface area contributed by atoms with E-state index in [0.29, 0.717) is 35.2 Å². The normalized spacial score (nSPS) is 13.8. The fraction of sp³-hybridized carbons (Fsp3) is 0.462. The molecular weight excluding hydrogens is 300 g/mol. The van der Waals surface area contributed by atoms with Gasteiger partial charge in [0.15, 0.2) is 0 Å². The molecule has 112 valence electrons. The molecule has 20 heavy (non-hydrogen) atoms. The van der Waals surface area contributed by atoms with Crippen LogP contribution in [0.1, 0.15) is 13.3 Å². The number of ether oxygens (including phenoxy) is 1. The molecule has 2 unspecified atom stereocenters. The Hall–Kier alpha value is -1.11. The highest BCUT2D eigenvalue weighted by Gasteiger charge is 2.22. The lowest BCUT2D eigenvalue weighted by Gasteiger charge is -2.13. The zero-order valence-corrected chi connectivity index (χ0v) is 13.1. The molecule has 0 radical (unpaired) electrons. The second-order valence-corrected chi connectivity index (χ2v) is 6.44. The summed E-state index contributed by atoms with van der Waals surface area (Å²) in [5, 5.41) is 2.46. The average Bonchev–Trinajstić information content (AvgIpc) is 2.44. The van der Waals surface area contributed by atoms with Gasteiger partial charge in [-0.3, -0.25) is 9.00 Å². The van der Waals surface area contributed by atoms with Gasteiger partial charge in [-0.15, -0.1) is 0 Å². The zero-order valence-electron chi connectivity index (χ0n) is 11.5. The van der Waals surface area contributed by atoms with Crippen molar-refractivity contribution in [2.24, 2.45) is 0 Å². The van der Waals surface area contributed by atoms with Crippen molar-refractivity contribution in [2.75, 3.05) is 26.0 Å². The van der Waals surface area contributed by atoms with E-state index < -0.39 is 16.0 Å². The summed E-state index contributed by atoms with van der Waals surface area (Å²) in [6, 6.07) is 4.73. The Labute approximate surface area is 126 Å². The van der Waals surface area contributed by atoms with Crippen molar-refractivity contribution in [3.05, 3.63) is 23.2 Å². The maximum atomic E-state index is 12.3. The van der Waals surface area contributed by atoms with E-state index in [-0.39, 0.29) is 5.91 Å². The minimum absolute atomic E-state index is 0.279. The Morgan fingerprint density at radius 2 is 2.25 bits per heavy atom. The number of nitrogen functional groups attached to an aromatic ring is 1. The number of carbonyl (C=O) groups is 1. The van der Waals surface area contributed by atoms with Crippen LogP contribution < -0.4 is 11.1 Å². The molecule has 0 heterocycles. The molecule has 3 N–H and O–H groups in total. The molecule has 0 aliphatic carbocycles. The lowest BCUT2D eigenvalue weighted by Crippen LogP contribution is -2.36. The topological polar surface area (TPSA) is 81.4 Å². The third-order valence-electron chi connectivity index (χ3n) is 2.71. The lowest BCUT2D eigenvalue weighted by atomic mass is 10.3. The van der Waals surface area contributed by atoms with Crippen LogP contribution in [0.15, 0.2) is 23.1 Å². The molecule has 0 saturated heterocycles. The fourth-order valence-corrected chi connectivity index (χ4v) is 2.98. The van der Waals surface area contributed by atoms with Crippen LogP contribution in [0.3, 0.4) is 0 Å². The highest BCUT2D eigenvalue weighted by atomic mass is 35.5. The summed E-state index contributed by atoms with van der Waals surface area (Å²) < 4.78 is 17.2. The molecule has 2 atom stereocenters. The molecule has 0 bridgehead atoms. The number of benzene rings is 1. The van der Waals surface area contributed by atoms with E-state index in [0.717, 1.165) is 0 Å². The number of nitrogens with one attached hydrogen (secondary N) is 1. The first kappa shape index (κ1) is 16.9. The highest BCUT2D eigenvalue weighted by Crippen LogP contribution is 2.23. The minimum atomic E-state index is -1.54. The second kappa shape index (κ2) is 8.24. The van der Waals surface area contributed by atoms with E-state index in [1.807, 2.05) is 0 Å². The standard InChI is InChI=1S/C13H19ClN2O3S/c1-9(13(17)16-6-3-7-19-2)20(18)12-8-10(14)4-5-11(12)15/h4-5,8-9H,3,6-7,15H2,1-2H3,(H,16,17). The highest BCUT2D eigenvalue weighted by molar-refractivity contribution is 7.86. The van der Waals surface area contributed by atoms with Crippen LogP contribution in [0.25, 0.3) is 0 Å². The summed E-state index contributed by atoms with van der Waals surface area (Å²) in [5.41, 5.74) is 6.14. The van der Waals surface area contributed by atoms with Crippen LogP contribution in [0.2, 0.25) is 5.02 Å². The second-order valence-electron chi connectivity index (χ2n) is 4.26. The Morgan fingerprint density at radius 3 is 2.90 bits per heavy atom. The summed E-state index contributed by atoms with van der Waals surface area (Å²) in [5.74, 6) is -0.279. The number of nitrogens with two attached hydrogens (primary N) is 1. The summed E-state index contributed by atoms with van der Waals surface area (Å²) in [6.45, 7) is 2.65. The van der Waals surface area contributed by atoms with Crippen molar-refractivity contribution < 1.29 is 13.7 Å². The van der Waals surface area contributed by atoms with Crippen LogP contribution >= 0.6 is 11.6 Å². The van der Waals surface area contributed by atoms with Gasteiger partial charge in [-0.25, -0.2) is 0 Å². The molecule has 1 amide bonds. The van der Waals surface area contributed by atoms with E-state index in [9.17, 15) is 9.00 Å². The molecule has 1 aromatic carbocycles. The Morgan fingerprint density at radius 1 is 1.55 bits per heavy atom. The molecule has 0 aliphatic heterocycles. The molecule has 0 spiro atoms. The van der Waals surface area contributed by atoms with Crippen molar-refractivity contribution in [3.63, 3.8) is 0 Å². The Bertz CT molecular complexity index is 497. The van der Waals surface area contributed by atoms with Gasteiger partial charge in [0.2, 0.25) is 5.91 Å². The van der Waals surface area contributed by atoms with Crippen molar-refractivity contribution >= 4 is 34.0 Å². The van der Waals surface area contributed by atoms with E-state index in [2.05, 4.69) is 5.32 Å². The number of halogens is 1. The number of amides is 1. The summed E-state index contributed by atoms with van der Waals surface area (Å²) in [7, 11) is 0.0586. The number of methoxy groups -OCH3 is 1. The van der Waals surface area contributed by atoms with Gasteiger partial charge in [0, 0.05) is 31.0 Å². The van der Waals surface area contributed by atoms with Gasteiger partial charge in [-0.05, 0) is 31.5 Å². The summed E-state index contributed by atoms with van der Waals surface area (Å²) in [4.78, 5) is 12.3. The molecule has 5 nitrogen and oxygen atoms in total. The largest absolute Gasteiger partial charge is 0.398 e. The van der Waals surface area contributed by atoms with Gasteiger partial charge in [0.05, 0.1) is 15.7 Å². The van der Waals surface area contributed by atoms with Crippen molar-refractivity contribution in [1.29, 1.82) is 0 Å². The first-order valence-corrected chi connectivity index (χ1v) is 7.78. The van der Waals surface area contributed by atoms with Crippen molar-refractivity contribution in [3.8, 4) is 0 Å². The molecule has 7 heteroatoms. The maximum absolute atomic E-state index is 12.3. The molecule has 0 aromatic heterocycles. The van der Waals surface area contributed by atoms with E-state index in [4.69, 9.17) is 22.1 Å². The van der Waals surface area contributed by atoms with Crippen molar-refractivity contribution in [2.45, 2.75) is 23.5 Å².